The largest absolute Gasteiger partial charge is 0.310 e. The van der Waals surface area contributed by atoms with Gasteiger partial charge in [-0.1, -0.05) is 43.0 Å². The fourth-order valence-electron chi connectivity index (χ4n) is 1.87. The molecular weight excluding hydrogens is 240 g/mol. The van der Waals surface area contributed by atoms with Crippen LogP contribution in [-0.4, -0.2) is 11.5 Å². The highest BCUT2D eigenvalue weighted by Gasteiger charge is 2.10. The van der Waals surface area contributed by atoms with Crippen LogP contribution in [0.5, 0.6) is 0 Å². The average molecular weight is 258 g/mol. The Bertz CT molecular complexity index is 485. The van der Waals surface area contributed by atoms with Crippen molar-refractivity contribution in [1.29, 1.82) is 0 Å². The molecule has 0 amide bonds. The molecule has 0 aliphatic heterocycles. The molecule has 0 bridgehead atoms. The van der Waals surface area contributed by atoms with E-state index in [4.69, 9.17) is 0 Å². The van der Waals surface area contributed by atoms with Gasteiger partial charge in [-0.25, -0.2) is 4.98 Å². The first kappa shape index (κ1) is 13.1. The van der Waals surface area contributed by atoms with Crippen LogP contribution in [0.15, 0.2) is 58.6 Å². The number of hydrogen-bond acceptors (Lipinski definition) is 3. The number of aromatic nitrogens is 1. The van der Waals surface area contributed by atoms with Gasteiger partial charge in [-0.3, -0.25) is 0 Å². The van der Waals surface area contributed by atoms with Crippen LogP contribution in [0.3, 0.4) is 0 Å². The zero-order valence-corrected chi connectivity index (χ0v) is 11.6. The van der Waals surface area contributed by atoms with Gasteiger partial charge in [-0.2, -0.15) is 0 Å². The Labute approximate surface area is 113 Å². The molecule has 0 aliphatic carbocycles. The summed E-state index contributed by atoms with van der Waals surface area (Å²) < 4.78 is 0. The van der Waals surface area contributed by atoms with Crippen LogP contribution in [0.25, 0.3) is 0 Å². The molecular formula is C15H18N2S. The second kappa shape index (κ2) is 6.57. The lowest BCUT2D eigenvalue weighted by molar-refractivity contribution is 0.590. The van der Waals surface area contributed by atoms with E-state index in [0.717, 1.165) is 11.6 Å². The van der Waals surface area contributed by atoms with Gasteiger partial charge in [-0.05, 0) is 37.2 Å². The zero-order chi connectivity index (χ0) is 12.8. The molecule has 1 aromatic carbocycles. The van der Waals surface area contributed by atoms with E-state index < -0.39 is 0 Å². The molecule has 2 aromatic rings. The molecule has 1 unspecified atom stereocenters. The molecule has 1 atom stereocenters. The first-order valence-electron chi connectivity index (χ1n) is 6.22. The van der Waals surface area contributed by atoms with E-state index in [9.17, 15) is 0 Å². The first-order valence-corrected chi connectivity index (χ1v) is 7.04. The molecule has 94 valence electrons. The standard InChI is InChI=1S/C15H18N2S/c1-3-16-12(2)13-8-4-5-9-14(13)18-15-10-6-7-11-17-15/h4-12,16H,3H2,1-2H3. The van der Waals surface area contributed by atoms with Gasteiger partial charge in [0.05, 0.1) is 0 Å². The average Bonchev–Trinajstić information content (AvgIpc) is 2.41. The molecule has 2 rings (SSSR count). The maximum atomic E-state index is 4.36. The van der Waals surface area contributed by atoms with Gasteiger partial charge < -0.3 is 5.32 Å². The summed E-state index contributed by atoms with van der Waals surface area (Å²) in [6, 6.07) is 14.9. The molecule has 1 N–H and O–H groups in total. The Morgan fingerprint density at radius 1 is 1.17 bits per heavy atom. The molecule has 0 aliphatic rings. The third kappa shape index (κ3) is 3.34. The second-order valence-electron chi connectivity index (χ2n) is 4.09. The fraction of sp³-hybridized carbons (Fsp3) is 0.267. The third-order valence-electron chi connectivity index (χ3n) is 2.75. The number of nitrogens with one attached hydrogen (secondary N) is 1. The van der Waals surface area contributed by atoms with Crippen LogP contribution >= 0.6 is 11.8 Å². The molecule has 0 saturated heterocycles. The van der Waals surface area contributed by atoms with E-state index >= 15 is 0 Å². The molecule has 1 heterocycles. The van der Waals surface area contributed by atoms with Crippen molar-refractivity contribution in [3.8, 4) is 0 Å². The summed E-state index contributed by atoms with van der Waals surface area (Å²) in [4.78, 5) is 5.63. The maximum absolute atomic E-state index is 4.36. The Hall–Kier alpha value is -1.32. The van der Waals surface area contributed by atoms with Crippen molar-refractivity contribution in [3.63, 3.8) is 0 Å². The van der Waals surface area contributed by atoms with Crippen LogP contribution in [-0.2, 0) is 0 Å². The first-order chi connectivity index (χ1) is 8.81. The monoisotopic (exact) mass is 258 g/mol. The van der Waals surface area contributed by atoms with E-state index in [-0.39, 0.29) is 0 Å². The van der Waals surface area contributed by atoms with Crippen molar-refractivity contribution in [1.82, 2.24) is 10.3 Å². The molecule has 0 saturated carbocycles. The summed E-state index contributed by atoms with van der Waals surface area (Å²) in [6.45, 7) is 5.30. The predicted octanol–water partition coefficient (Wildman–Crippen LogP) is 3.90. The van der Waals surface area contributed by atoms with E-state index in [1.807, 2.05) is 24.4 Å². The summed E-state index contributed by atoms with van der Waals surface area (Å²) in [5.41, 5.74) is 1.33. The lowest BCUT2D eigenvalue weighted by Gasteiger charge is -2.16. The highest BCUT2D eigenvalue weighted by atomic mass is 32.2. The minimum Gasteiger partial charge on any atom is -0.310 e. The Morgan fingerprint density at radius 3 is 2.67 bits per heavy atom. The van der Waals surface area contributed by atoms with Gasteiger partial charge in [0, 0.05) is 17.1 Å². The van der Waals surface area contributed by atoms with Crippen LogP contribution in [0, 0.1) is 0 Å². The molecule has 3 heteroatoms. The lowest BCUT2D eigenvalue weighted by Crippen LogP contribution is -2.18. The number of nitrogens with zero attached hydrogens (tertiary/aromatic N) is 1. The topological polar surface area (TPSA) is 24.9 Å². The fourth-order valence-corrected chi connectivity index (χ4v) is 2.86. The molecule has 1 aromatic heterocycles. The highest BCUT2D eigenvalue weighted by molar-refractivity contribution is 7.99. The summed E-state index contributed by atoms with van der Waals surface area (Å²) in [6.07, 6.45) is 1.83. The van der Waals surface area contributed by atoms with Crippen molar-refractivity contribution in [3.05, 3.63) is 54.2 Å². The van der Waals surface area contributed by atoms with E-state index in [1.165, 1.54) is 10.5 Å². The normalized spacial score (nSPS) is 12.3. The van der Waals surface area contributed by atoms with Crippen molar-refractivity contribution in [2.45, 2.75) is 29.8 Å². The lowest BCUT2D eigenvalue weighted by atomic mass is 10.1. The predicted molar refractivity (Wildman–Crippen MR) is 76.9 cm³/mol. The van der Waals surface area contributed by atoms with E-state index in [1.54, 1.807) is 11.8 Å². The van der Waals surface area contributed by atoms with E-state index in [2.05, 4.69) is 48.4 Å². The molecule has 0 radical (unpaired) electrons. The summed E-state index contributed by atoms with van der Waals surface area (Å²) >= 11 is 1.72. The van der Waals surface area contributed by atoms with Gasteiger partial charge >= 0.3 is 0 Å². The van der Waals surface area contributed by atoms with Gasteiger partial charge in [-0.15, -0.1) is 0 Å². The van der Waals surface area contributed by atoms with Gasteiger partial charge in [0.1, 0.15) is 5.03 Å². The van der Waals surface area contributed by atoms with Crippen molar-refractivity contribution in [2.24, 2.45) is 0 Å². The van der Waals surface area contributed by atoms with Gasteiger partial charge in [0.15, 0.2) is 0 Å². The minimum atomic E-state index is 0.363. The van der Waals surface area contributed by atoms with Gasteiger partial charge in [0.25, 0.3) is 0 Å². The van der Waals surface area contributed by atoms with Crippen LogP contribution in [0.1, 0.15) is 25.5 Å². The van der Waals surface area contributed by atoms with Crippen LogP contribution in [0.4, 0.5) is 0 Å². The number of hydrogen-bond donors (Lipinski definition) is 1. The number of benzene rings is 1. The van der Waals surface area contributed by atoms with Crippen molar-refractivity contribution < 1.29 is 0 Å². The van der Waals surface area contributed by atoms with Crippen molar-refractivity contribution >= 4 is 11.8 Å². The summed E-state index contributed by atoms with van der Waals surface area (Å²) in [5.74, 6) is 0. The van der Waals surface area contributed by atoms with Crippen LogP contribution in [0.2, 0.25) is 0 Å². The highest BCUT2D eigenvalue weighted by Crippen LogP contribution is 2.31. The molecule has 0 fully saturated rings. The Morgan fingerprint density at radius 2 is 1.94 bits per heavy atom. The number of rotatable bonds is 5. The Balaban J connectivity index is 2.22. The quantitative estimate of drug-likeness (QED) is 0.880. The van der Waals surface area contributed by atoms with E-state index in [0.29, 0.717) is 6.04 Å². The molecule has 18 heavy (non-hydrogen) atoms. The minimum absolute atomic E-state index is 0.363. The SMILES string of the molecule is CCNC(C)c1ccccc1Sc1ccccn1. The summed E-state index contributed by atoms with van der Waals surface area (Å²) in [7, 11) is 0. The number of pyridine rings is 1. The maximum Gasteiger partial charge on any atom is 0.101 e. The second-order valence-corrected chi connectivity index (χ2v) is 5.15. The van der Waals surface area contributed by atoms with Gasteiger partial charge in [0.2, 0.25) is 0 Å². The summed E-state index contributed by atoms with van der Waals surface area (Å²) in [5, 5.41) is 4.49. The molecule has 2 nitrogen and oxygen atoms in total. The third-order valence-corrected chi connectivity index (χ3v) is 3.79. The zero-order valence-electron chi connectivity index (χ0n) is 10.8. The smallest absolute Gasteiger partial charge is 0.101 e. The van der Waals surface area contributed by atoms with Crippen LogP contribution < -0.4 is 5.32 Å². The van der Waals surface area contributed by atoms with Crippen molar-refractivity contribution in [2.75, 3.05) is 6.54 Å². The Kier molecular flexibility index (Phi) is 4.79. The molecule has 0 spiro atoms.